The molecule has 0 saturated carbocycles. The molecule has 2 aromatic carbocycles. The molecule has 3 saturated heterocycles. The van der Waals surface area contributed by atoms with Gasteiger partial charge in [-0.3, -0.25) is 9.69 Å². The molecule has 0 radical (unpaired) electrons. The molecule has 10 heteroatoms. The molecule has 4 aromatic rings. The van der Waals surface area contributed by atoms with Gasteiger partial charge in [-0.15, -0.1) is 0 Å². The smallest absolute Gasteiger partial charge is 0.320 e. The summed E-state index contributed by atoms with van der Waals surface area (Å²) in [5.41, 5.74) is 1.14. The van der Waals surface area contributed by atoms with E-state index in [4.69, 9.17) is 31.3 Å². The Morgan fingerprint density at radius 2 is 1.88 bits per heavy atom. The van der Waals surface area contributed by atoms with Crippen LogP contribution in [0.4, 0.5) is 10.2 Å². The predicted octanol–water partition coefficient (Wildman–Crippen LogP) is 5.87. The van der Waals surface area contributed by atoms with E-state index >= 15 is 4.39 Å². The second-order valence-electron chi connectivity index (χ2n) is 11.9. The Hall–Kier alpha value is -3.82. The van der Waals surface area contributed by atoms with Crippen LogP contribution in [0.25, 0.3) is 33.1 Å². The molecule has 43 heavy (non-hydrogen) atoms. The lowest BCUT2D eigenvalue weighted by atomic mass is 9.95. The largest absolute Gasteiger partial charge is 0.461 e. The van der Waals surface area contributed by atoms with Crippen molar-refractivity contribution in [1.29, 1.82) is 0 Å². The van der Waals surface area contributed by atoms with Crippen LogP contribution in [0.3, 0.4) is 0 Å². The Morgan fingerprint density at radius 1 is 1.12 bits per heavy atom. The van der Waals surface area contributed by atoms with Crippen LogP contribution in [-0.4, -0.2) is 81.6 Å². The fourth-order valence-electron chi connectivity index (χ4n) is 7.22. The van der Waals surface area contributed by atoms with Crippen molar-refractivity contribution in [3.05, 3.63) is 66.0 Å². The number of halogens is 2. The van der Waals surface area contributed by atoms with Crippen molar-refractivity contribution in [3.8, 4) is 17.3 Å². The number of piperazine rings is 1. The Labute approximate surface area is 255 Å². The first-order chi connectivity index (χ1) is 20.9. The van der Waals surface area contributed by atoms with Gasteiger partial charge in [0.2, 0.25) is 5.91 Å². The second kappa shape index (κ2) is 11.0. The third-order valence-corrected chi connectivity index (χ3v) is 9.69. The molecule has 1 atom stereocenters. The normalized spacial score (nSPS) is 20.1. The minimum atomic E-state index is -0.488. The number of aromatic nitrogens is 3. The van der Waals surface area contributed by atoms with Crippen LogP contribution in [0.5, 0.6) is 6.01 Å². The molecule has 0 aliphatic carbocycles. The van der Waals surface area contributed by atoms with Gasteiger partial charge in [-0.2, -0.15) is 9.97 Å². The third kappa shape index (κ3) is 4.88. The zero-order chi connectivity index (χ0) is 29.7. The molecule has 0 spiro atoms. The maximum atomic E-state index is 16.0. The molecular weight excluding hydrogens is 567 g/mol. The van der Waals surface area contributed by atoms with Gasteiger partial charge in [-0.1, -0.05) is 48.5 Å². The first-order valence-electron chi connectivity index (χ1n) is 15.0. The highest BCUT2D eigenvalue weighted by Crippen LogP contribution is 2.40. The first-order valence-corrected chi connectivity index (χ1v) is 15.4. The van der Waals surface area contributed by atoms with Crippen LogP contribution < -0.4 is 9.64 Å². The molecule has 1 amide bonds. The van der Waals surface area contributed by atoms with Crippen LogP contribution in [0.15, 0.2) is 55.1 Å². The number of amides is 1. The fraction of sp³-hybridized carbons (Fsp3) is 0.394. The van der Waals surface area contributed by atoms with Gasteiger partial charge in [0.25, 0.3) is 0 Å². The Bertz CT molecular complexity index is 1730. The van der Waals surface area contributed by atoms with Crippen LogP contribution >= 0.6 is 11.6 Å². The van der Waals surface area contributed by atoms with Gasteiger partial charge in [-0.25, -0.2) is 9.37 Å². The zero-order valence-electron chi connectivity index (χ0n) is 24.2. The second-order valence-corrected chi connectivity index (χ2v) is 12.3. The Kier molecular flexibility index (Phi) is 7.18. The average molecular weight is 601 g/mol. The highest BCUT2D eigenvalue weighted by atomic mass is 35.5. The van der Waals surface area contributed by atoms with Crippen molar-refractivity contribution in [2.24, 2.45) is 0 Å². The van der Waals surface area contributed by atoms with Crippen LogP contribution in [-0.2, 0) is 4.79 Å². The first kappa shape index (κ1) is 28.0. The lowest BCUT2D eigenvalue weighted by molar-refractivity contribution is -0.126. The minimum Gasteiger partial charge on any atom is -0.461 e. The van der Waals surface area contributed by atoms with E-state index in [1.165, 1.54) is 12.1 Å². The molecule has 5 heterocycles. The van der Waals surface area contributed by atoms with Gasteiger partial charge < -0.3 is 14.5 Å². The molecule has 0 bridgehead atoms. The Balaban J connectivity index is 1.33. The molecule has 0 N–H and O–H groups in total. The monoisotopic (exact) mass is 600 g/mol. The molecule has 222 valence electrons. The summed E-state index contributed by atoms with van der Waals surface area (Å²) < 4.78 is 22.4. The van der Waals surface area contributed by atoms with Gasteiger partial charge in [0.1, 0.15) is 23.9 Å². The standard InChI is InChI=1S/C33H34ClFN6O2/c1-3-27(42)39-16-17-41(21(2)19-39)31-24-18-26(35)29(23-10-4-8-22-9-5-11-25(34)28(22)23)36-30(24)37-32(38-31)43-20-33-12-6-14-40(33)15-7-13-33/h3-5,8-11,18,21H,1,6-7,12-17,19-20H2,2H3/t21-/m1/s1. The number of carbonyl (C=O) groups excluding carboxylic acids is 1. The number of anilines is 1. The number of ether oxygens (including phenoxy) is 1. The summed E-state index contributed by atoms with van der Waals surface area (Å²) in [4.78, 5) is 33.1. The number of fused-ring (bicyclic) bond motifs is 3. The van der Waals surface area contributed by atoms with Crippen LogP contribution in [0.1, 0.15) is 32.6 Å². The summed E-state index contributed by atoms with van der Waals surface area (Å²) in [7, 11) is 0. The molecule has 0 unspecified atom stereocenters. The molecule has 3 aliphatic heterocycles. The summed E-state index contributed by atoms with van der Waals surface area (Å²) in [5.74, 6) is -0.0385. The number of carbonyl (C=O) groups is 1. The van der Waals surface area contributed by atoms with Crippen molar-refractivity contribution < 1.29 is 13.9 Å². The summed E-state index contributed by atoms with van der Waals surface area (Å²) >= 11 is 6.60. The van der Waals surface area contributed by atoms with E-state index in [0.717, 1.165) is 49.5 Å². The van der Waals surface area contributed by atoms with Gasteiger partial charge in [-0.05, 0) is 69.3 Å². The number of pyridine rings is 1. The molecule has 2 aromatic heterocycles. The Morgan fingerprint density at radius 3 is 2.63 bits per heavy atom. The molecule has 7 rings (SSSR count). The van der Waals surface area contributed by atoms with Gasteiger partial charge in [0.15, 0.2) is 5.65 Å². The van der Waals surface area contributed by atoms with E-state index in [0.29, 0.717) is 53.7 Å². The van der Waals surface area contributed by atoms with Crippen LogP contribution in [0, 0.1) is 5.82 Å². The van der Waals surface area contributed by atoms with Crippen molar-refractivity contribution in [3.63, 3.8) is 0 Å². The maximum Gasteiger partial charge on any atom is 0.320 e. The number of nitrogens with zero attached hydrogens (tertiary/aromatic N) is 6. The van der Waals surface area contributed by atoms with E-state index in [9.17, 15) is 4.79 Å². The van der Waals surface area contributed by atoms with Gasteiger partial charge >= 0.3 is 6.01 Å². The highest BCUT2D eigenvalue weighted by molar-refractivity contribution is 6.36. The summed E-state index contributed by atoms with van der Waals surface area (Å²) in [6, 6.07) is 12.9. The minimum absolute atomic E-state index is 0.0174. The van der Waals surface area contributed by atoms with Crippen molar-refractivity contribution in [1.82, 2.24) is 24.8 Å². The van der Waals surface area contributed by atoms with Gasteiger partial charge in [0.05, 0.1) is 10.9 Å². The number of hydrogen-bond acceptors (Lipinski definition) is 7. The number of hydrogen-bond donors (Lipinski definition) is 0. The molecule has 3 aliphatic rings. The van der Waals surface area contributed by atoms with E-state index in [1.54, 1.807) is 11.0 Å². The van der Waals surface area contributed by atoms with Crippen molar-refractivity contribution in [2.45, 2.75) is 44.2 Å². The predicted molar refractivity (Wildman–Crippen MR) is 167 cm³/mol. The average Bonchev–Trinajstić information content (AvgIpc) is 3.60. The summed E-state index contributed by atoms with van der Waals surface area (Å²) in [6.45, 7) is 9.86. The summed E-state index contributed by atoms with van der Waals surface area (Å²) in [6.07, 6.45) is 5.86. The van der Waals surface area contributed by atoms with E-state index in [-0.39, 0.29) is 29.2 Å². The lowest BCUT2D eigenvalue weighted by Crippen LogP contribution is -2.53. The summed E-state index contributed by atoms with van der Waals surface area (Å²) in [5, 5.41) is 2.66. The fourth-order valence-corrected chi connectivity index (χ4v) is 7.51. The SMILES string of the molecule is C=CC(=O)N1CCN(c2nc(OCC34CCCN3CCC4)nc3nc(-c4cccc5cccc(Cl)c45)c(F)cc23)[C@H](C)C1. The third-order valence-electron chi connectivity index (χ3n) is 9.38. The highest BCUT2D eigenvalue weighted by Gasteiger charge is 2.45. The van der Waals surface area contributed by atoms with Gasteiger partial charge in [0, 0.05) is 41.6 Å². The number of rotatable bonds is 6. The zero-order valence-corrected chi connectivity index (χ0v) is 25.0. The lowest BCUT2D eigenvalue weighted by Gasteiger charge is -2.40. The quantitative estimate of drug-likeness (QED) is 0.256. The van der Waals surface area contributed by atoms with Crippen molar-refractivity contribution >= 4 is 45.1 Å². The van der Waals surface area contributed by atoms with E-state index in [2.05, 4.69) is 16.4 Å². The molecule has 8 nitrogen and oxygen atoms in total. The van der Waals surface area contributed by atoms with E-state index < -0.39 is 5.82 Å². The number of benzene rings is 2. The van der Waals surface area contributed by atoms with E-state index in [1.807, 2.05) is 37.3 Å². The van der Waals surface area contributed by atoms with Crippen LogP contribution in [0.2, 0.25) is 5.02 Å². The molecule has 3 fully saturated rings. The maximum absolute atomic E-state index is 16.0. The van der Waals surface area contributed by atoms with Crippen molar-refractivity contribution in [2.75, 3.05) is 44.2 Å². The topological polar surface area (TPSA) is 74.7 Å². The molecular formula is C33H34ClFN6O2.